The second kappa shape index (κ2) is 9.30. The second-order valence-electron chi connectivity index (χ2n) is 7.34. The molecule has 6 nitrogen and oxygen atoms in total. The Bertz CT molecular complexity index is 1100. The minimum Gasteiger partial charge on any atom is -0.488 e. The van der Waals surface area contributed by atoms with Gasteiger partial charge >= 0.3 is 0 Å². The van der Waals surface area contributed by atoms with Gasteiger partial charge in [-0.1, -0.05) is 11.6 Å². The van der Waals surface area contributed by atoms with E-state index in [1.165, 1.54) is 23.6 Å². The van der Waals surface area contributed by atoms with Crippen LogP contribution in [-0.2, 0) is 4.74 Å². The fourth-order valence-electron chi connectivity index (χ4n) is 3.30. The highest BCUT2D eigenvalue weighted by atomic mass is 35.5. The molecule has 162 valence electrons. The van der Waals surface area contributed by atoms with Gasteiger partial charge in [0.1, 0.15) is 22.7 Å². The van der Waals surface area contributed by atoms with Gasteiger partial charge < -0.3 is 14.8 Å². The molecule has 1 aliphatic heterocycles. The molecule has 0 radical (unpaired) electrons. The molecule has 0 spiro atoms. The molecule has 0 saturated carbocycles. The summed E-state index contributed by atoms with van der Waals surface area (Å²) in [6, 6.07) is 5.83. The van der Waals surface area contributed by atoms with E-state index in [0.717, 1.165) is 21.9 Å². The van der Waals surface area contributed by atoms with E-state index in [1.54, 1.807) is 25.3 Å². The summed E-state index contributed by atoms with van der Waals surface area (Å²) in [7, 11) is 0. The Kier molecular flexibility index (Phi) is 6.50. The number of benzene rings is 1. The summed E-state index contributed by atoms with van der Waals surface area (Å²) in [6.45, 7) is 4.81. The first kappa shape index (κ1) is 21.7. The number of amides is 1. The van der Waals surface area contributed by atoms with Gasteiger partial charge in [-0.3, -0.25) is 9.78 Å². The van der Waals surface area contributed by atoms with Crippen molar-refractivity contribution in [1.82, 2.24) is 15.3 Å². The number of carbonyl (C=O) groups is 1. The molecular formula is C22H21ClFN3O3S. The molecule has 2 aromatic heterocycles. The first-order chi connectivity index (χ1) is 14.9. The van der Waals surface area contributed by atoms with Gasteiger partial charge in [-0.25, -0.2) is 9.37 Å². The Balaban J connectivity index is 1.61. The molecule has 1 saturated heterocycles. The number of carbonyl (C=O) groups excluding carboxylic acids is 1. The third-order valence-electron chi connectivity index (χ3n) is 4.82. The second-order valence-corrected chi connectivity index (χ2v) is 9.01. The summed E-state index contributed by atoms with van der Waals surface area (Å²) < 4.78 is 25.6. The zero-order valence-corrected chi connectivity index (χ0v) is 18.6. The third-order valence-corrected chi connectivity index (χ3v) is 5.99. The van der Waals surface area contributed by atoms with Crippen molar-refractivity contribution in [3.63, 3.8) is 0 Å². The third kappa shape index (κ3) is 5.20. The van der Waals surface area contributed by atoms with Crippen molar-refractivity contribution in [1.29, 1.82) is 0 Å². The number of aromatic nitrogens is 2. The van der Waals surface area contributed by atoms with E-state index in [1.807, 2.05) is 13.0 Å². The summed E-state index contributed by atoms with van der Waals surface area (Å²) in [6.07, 6.45) is 3.87. The normalized spacial score (nSPS) is 16.8. The van der Waals surface area contributed by atoms with Crippen LogP contribution in [0, 0.1) is 12.7 Å². The zero-order valence-electron chi connectivity index (χ0n) is 17.0. The van der Waals surface area contributed by atoms with Crippen molar-refractivity contribution in [2.75, 3.05) is 13.2 Å². The molecule has 0 bridgehead atoms. The van der Waals surface area contributed by atoms with Crippen LogP contribution >= 0.6 is 22.9 Å². The maximum atomic E-state index is 14.2. The van der Waals surface area contributed by atoms with E-state index in [-0.39, 0.29) is 22.7 Å². The van der Waals surface area contributed by atoms with Crippen LogP contribution in [0.2, 0.25) is 5.02 Å². The van der Waals surface area contributed by atoms with Gasteiger partial charge in [-0.05, 0) is 38.1 Å². The smallest absolute Gasteiger partial charge is 0.251 e. The summed E-state index contributed by atoms with van der Waals surface area (Å²) in [5, 5.41) is 3.78. The van der Waals surface area contributed by atoms with E-state index < -0.39 is 11.9 Å². The largest absolute Gasteiger partial charge is 0.488 e. The van der Waals surface area contributed by atoms with Crippen molar-refractivity contribution in [2.45, 2.75) is 32.4 Å². The van der Waals surface area contributed by atoms with Crippen molar-refractivity contribution < 1.29 is 18.7 Å². The van der Waals surface area contributed by atoms with Crippen LogP contribution in [0.1, 0.15) is 40.3 Å². The Morgan fingerprint density at radius 1 is 1.32 bits per heavy atom. The molecule has 1 unspecified atom stereocenters. The van der Waals surface area contributed by atoms with Crippen molar-refractivity contribution >= 4 is 28.8 Å². The van der Waals surface area contributed by atoms with Crippen LogP contribution in [0.15, 0.2) is 36.7 Å². The topological polar surface area (TPSA) is 73.3 Å². The van der Waals surface area contributed by atoms with E-state index >= 15 is 0 Å². The summed E-state index contributed by atoms with van der Waals surface area (Å²) in [5.41, 5.74) is 1.28. The number of aryl methyl sites for hydroxylation is 1. The monoisotopic (exact) mass is 461 g/mol. The first-order valence-corrected chi connectivity index (χ1v) is 11.0. The number of halogens is 2. The minimum absolute atomic E-state index is 0.0597. The highest BCUT2D eigenvalue weighted by molar-refractivity contribution is 7.14. The molecule has 1 N–H and O–H groups in total. The van der Waals surface area contributed by atoms with Gasteiger partial charge in [-0.2, -0.15) is 0 Å². The van der Waals surface area contributed by atoms with Gasteiger partial charge in [0.2, 0.25) is 0 Å². The first-order valence-electron chi connectivity index (χ1n) is 9.83. The van der Waals surface area contributed by atoms with E-state index in [0.29, 0.717) is 24.5 Å². The molecular weight excluding hydrogens is 441 g/mol. The average molecular weight is 462 g/mol. The van der Waals surface area contributed by atoms with Crippen LogP contribution in [0.25, 0.3) is 10.6 Å². The van der Waals surface area contributed by atoms with Gasteiger partial charge in [0, 0.05) is 34.8 Å². The van der Waals surface area contributed by atoms with Crippen molar-refractivity contribution in [3.05, 3.63) is 63.6 Å². The molecule has 1 amide bonds. The summed E-state index contributed by atoms with van der Waals surface area (Å²) in [4.78, 5) is 22.5. The quantitative estimate of drug-likeness (QED) is 0.561. The number of pyridine rings is 1. The molecule has 1 aromatic carbocycles. The summed E-state index contributed by atoms with van der Waals surface area (Å²) in [5.74, 6) is -0.377. The lowest BCUT2D eigenvalue weighted by Gasteiger charge is -2.17. The van der Waals surface area contributed by atoms with Crippen molar-refractivity contribution in [2.24, 2.45) is 0 Å². The number of hydrogen-bond acceptors (Lipinski definition) is 6. The number of ether oxygens (including phenoxy) is 2. The van der Waals surface area contributed by atoms with Crippen LogP contribution < -0.4 is 10.1 Å². The number of nitrogens with one attached hydrogen (secondary N) is 1. The maximum absolute atomic E-state index is 14.2. The number of hydrogen-bond donors (Lipinski definition) is 1. The maximum Gasteiger partial charge on any atom is 0.251 e. The lowest BCUT2D eigenvalue weighted by atomic mass is 10.1. The van der Waals surface area contributed by atoms with Crippen molar-refractivity contribution in [3.8, 4) is 16.3 Å². The van der Waals surface area contributed by atoms with Crippen LogP contribution in [0.3, 0.4) is 0 Å². The Morgan fingerprint density at radius 3 is 2.84 bits per heavy atom. The summed E-state index contributed by atoms with van der Waals surface area (Å²) >= 11 is 7.30. The van der Waals surface area contributed by atoms with E-state index in [2.05, 4.69) is 15.3 Å². The molecule has 1 aliphatic rings. The molecule has 0 aliphatic carbocycles. The predicted molar refractivity (Wildman–Crippen MR) is 117 cm³/mol. The fourth-order valence-corrected chi connectivity index (χ4v) is 4.20. The lowest BCUT2D eigenvalue weighted by Crippen LogP contribution is -2.28. The molecule has 1 fully saturated rings. The number of rotatable bonds is 6. The highest BCUT2D eigenvalue weighted by Gasteiger charge is 2.21. The lowest BCUT2D eigenvalue weighted by molar-refractivity contribution is 0.0937. The molecule has 4 rings (SSSR count). The average Bonchev–Trinajstić information content (AvgIpc) is 3.39. The molecule has 3 heterocycles. The molecule has 3 aromatic rings. The Hall–Kier alpha value is -2.55. The molecule has 31 heavy (non-hydrogen) atoms. The standard InChI is InChI=1S/C22H21ClFN3O3S/c1-12-9-26-22(31-12)15-5-14(6-18(7-15)30-17-3-4-29-11-17)21(28)27-13(2)20-19(24)8-16(23)10-25-20/h5-10,13,17H,3-4,11H2,1-2H3,(H,27,28)/t13?,17-/m0/s1. The van der Waals surface area contributed by atoms with Crippen LogP contribution in [0.4, 0.5) is 4.39 Å². The molecule has 2 atom stereocenters. The van der Waals surface area contributed by atoms with E-state index in [4.69, 9.17) is 21.1 Å². The van der Waals surface area contributed by atoms with Gasteiger partial charge in [0.05, 0.1) is 30.0 Å². The fraction of sp³-hybridized carbons (Fsp3) is 0.318. The Labute approximate surface area is 188 Å². The molecule has 9 heteroatoms. The van der Waals surface area contributed by atoms with Crippen LogP contribution in [-0.4, -0.2) is 35.2 Å². The highest BCUT2D eigenvalue weighted by Crippen LogP contribution is 2.31. The Morgan fingerprint density at radius 2 is 2.16 bits per heavy atom. The van der Waals surface area contributed by atoms with Gasteiger partial charge in [-0.15, -0.1) is 11.3 Å². The number of thiazole rings is 1. The SMILES string of the molecule is Cc1cnc(-c2cc(O[C@H]3CCOC3)cc(C(=O)NC(C)c3ncc(Cl)cc3F)c2)s1. The van der Waals surface area contributed by atoms with Gasteiger partial charge in [0.25, 0.3) is 5.91 Å². The zero-order chi connectivity index (χ0) is 22.0. The van der Waals surface area contributed by atoms with E-state index in [9.17, 15) is 9.18 Å². The minimum atomic E-state index is -0.650. The number of nitrogens with zero attached hydrogens (tertiary/aromatic N) is 2. The predicted octanol–water partition coefficient (Wildman–Crippen LogP) is 4.96. The van der Waals surface area contributed by atoms with Gasteiger partial charge in [0.15, 0.2) is 0 Å². The van der Waals surface area contributed by atoms with Crippen LogP contribution in [0.5, 0.6) is 5.75 Å².